The number of carbonyl (C=O) groups excluding carboxylic acids is 1. The molecule has 1 amide bonds. The summed E-state index contributed by atoms with van der Waals surface area (Å²) in [7, 11) is 1.57. The number of ether oxygens (including phenoxy) is 1. The molecule has 2 heterocycles. The first-order valence-corrected chi connectivity index (χ1v) is 10.6. The maximum Gasteiger partial charge on any atom is 0.231 e. The summed E-state index contributed by atoms with van der Waals surface area (Å²) in [5, 5.41) is 16.1. The van der Waals surface area contributed by atoms with E-state index in [1.807, 2.05) is 61.2 Å². The molecule has 0 saturated carbocycles. The molecule has 1 aliphatic rings. The van der Waals surface area contributed by atoms with Gasteiger partial charge in [-0.25, -0.2) is 9.97 Å². The molecule has 1 aliphatic heterocycles. The number of nitrogens with one attached hydrogen (secondary N) is 2. The number of hydrogen-bond acceptors (Lipinski definition) is 7. The highest BCUT2D eigenvalue weighted by atomic mass is 16.5. The molecule has 0 aliphatic carbocycles. The molecule has 8 heteroatoms. The van der Waals surface area contributed by atoms with Crippen molar-refractivity contribution >= 4 is 28.8 Å². The number of amides is 1. The van der Waals surface area contributed by atoms with Gasteiger partial charge in [-0.15, -0.1) is 0 Å². The Balaban J connectivity index is 1.64. The van der Waals surface area contributed by atoms with Gasteiger partial charge in [0.1, 0.15) is 23.2 Å². The Bertz CT molecular complexity index is 1280. The molecule has 8 nitrogen and oxygen atoms in total. The van der Waals surface area contributed by atoms with Gasteiger partial charge in [-0.05, 0) is 37.6 Å². The van der Waals surface area contributed by atoms with Gasteiger partial charge < -0.3 is 15.0 Å². The van der Waals surface area contributed by atoms with Crippen molar-refractivity contribution in [3.05, 3.63) is 77.4 Å². The highest BCUT2D eigenvalue weighted by Gasteiger charge is 2.27. The minimum absolute atomic E-state index is 0.114. The van der Waals surface area contributed by atoms with Crippen molar-refractivity contribution in [3.8, 4) is 11.8 Å². The Morgan fingerprint density at radius 2 is 1.97 bits per heavy atom. The molecule has 166 valence electrons. The number of rotatable bonds is 6. The highest BCUT2D eigenvalue weighted by Crippen LogP contribution is 2.38. The maximum atomic E-state index is 12.6. The van der Waals surface area contributed by atoms with E-state index in [2.05, 4.69) is 26.7 Å². The lowest BCUT2D eigenvalue weighted by molar-refractivity contribution is -0.115. The van der Waals surface area contributed by atoms with Crippen LogP contribution in [0.25, 0.3) is 5.57 Å². The summed E-state index contributed by atoms with van der Waals surface area (Å²) in [6, 6.07) is 17.5. The molecule has 33 heavy (non-hydrogen) atoms. The smallest absolute Gasteiger partial charge is 0.231 e. The standard InChI is InChI=1S/C25H24N6O2/c1-4-31-20-11-7-6-10-19(20)28-24(31)18(14-26)23-16(2)15-27-25(30-23)29-22(32)13-17-9-5-8-12-21(17)33-3/h5-12,15,28H,4,13H2,1-3H3,(H,27,29,30,32). The van der Waals surface area contributed by atoms with Crippen molar-refractivity contribution in [2.24, 2.45) is 0 Å². The number of benzene rings is 2. The van der Waals surface area contributed by atoms with Gasteiger partial charge in [-0.1, -0.05) is 30.3 Å². The van der Waals surface area contributed by atoms with Gasteiger partial charge in [-0.2, -0.15) is 5.26 Å². The lowest BCUT2D eigenvalue weighted by Gasteiger charge is -2.19. The molecule has 0 radical (unpaired) electrons. The van der Waals surface area contributed by atoms with Crippen LogP contribution in [0.15, 0.2) is 60.5 Å². The van der Waals surface area contributed by atoms with E-state index in [0.29, 0.717) is 29.4 Å². The number of nitrogens with zero attached hydrogens (tertiary/aromatic N) is 4. The zero-order valence-electron chi connectivity index (χ0n) is 18.7. The fourth-order valence-electron chi connectivity index (χ4n) is 3.82. The number of nitriles is 1. The van der Waals surface area contributed by atoms with Gasteiger partial charge >= 0.3 is 0 Å². The summed E-state index contributed by atoms with van der Waals surface area (Å²) in [5.74, 6) is 1.17. The Morgan fingerprint density at radius 3 is 2.73 bits per heavy atom. The fourth-order valence-corrected chi connectivity index (χ4v) is 3.82. The highest BCUT2D eigenvalue weighted by molar-refractivity contribution is 5.93. The molecule has 4 rings (SSSR count). The van der Waals surface area contributed by atoms with Crippen molar-refractivity contribution < 1.29 is 9.53 Å². The molecule has 0 atom stereocenters. The number of hydrogen-bond donors (Lipinski definition) is 2. The maximum absolute atomic E-state index is 12.6. The molecule has 1 aromatic heterocycles. The molecular weight excluding hydrogens is 416 g/mol. The van der Waals surface area contributed by atoms with Crippen molar-refractivity contribution in [3.63, 3.8) is 0 Å². The van der Waals surface area contributed by atoms with Crippen LogP contribution in [0.5, 0.6) is 5.75 Å². The number of allylic oxidation sites excluding steroid dienone is 1. The normalized spacial score (nSPS) is 13.6. The number of anilines is 3. The molecular formula is C25H24N6O2. The van der Waals surface area contributed by atoms with Crippen LogP contribution in [0, 0.1) is 18.3 Å². The largest absolute Gasteiger partial charge is 0.496 e. The van der Waals surface area contributed by atoms with Crippen molar-refractivity contribution in [1.82, 2.24) is 9.97 Å². The average Bonchev–Trinajstić information content (AvgIpc) is 3.20. The SMILES string of the molecule is CCN1C(=C(C#N)c2nc(NC(=O)Cc3ccccc3OC)ncc2C)Nc2ccccc21. The number of fused-ring (bicyclic) bond motifs is 1. The molecule has 0 saturated heterocycles. The molecule has 0 unspecified atom stereocenters. The van der Waals surface area contributed by atoms with Crippen LogP contribution in [0.3, 0.4) is 0 Å². The first-order chi connectivity index (χ1) is 16.0. The number of para-hydroxylation sites is 3. The van der Waals surface area contributed by atoms with E-state index in [-0.39, 0.29) is 18.3 Å². The third kappa shape index (κ3) is 4.34. The van der Waals surface area contributed by atoms with E-state index < -0.39 is 0 Å². The first-order valence-electron chi connectivity index (χ1n) is 10.6. The second kappa shape index (κ2) is 9.40. The van der Waals surface area contributed by atoms with Gasteiger partial charge in [0.2, 0.25) is 11.9 Å². The molecule has 0 spiro atoms. The van der Waals surface area contributed by atoms with Crippen LogP contribution in [0.2, 0.25) is 0 Å². The zero-order chi connectivity index (χ0) is 23.4. The lowest BCUT2D eigenvalue weighted by Crippen LogP contribution is -2.22. The summed E-state index contributed by atoms with van der Waals surface area (Å²) in [6.45, 7) is 4.54. The van der Waals surface area contributed by atoms with E-state index in [1.54, 1.807) is 19.4 Å². The van der Waals surface area contributed by atoms with Crippen LogP contribution < -0.4 is 20.3 Å². The third-order valence-corrected chi connectivity index (χ3v) is 5.39. The van der Waals surface area contributed by atoms with Crippen LogP contribution in [-0.4, -0.2) is 29.5 Å². The third-order valence-electron chi connectivity index (χ3n) is 5.39. The summed E-state index contributed by atoms with van der Waals surface area (Å²) in [6.07, 6.45) is 1.72. The Kier molecular flexibility index (Phi) is 6.22. The van der Waals surface area contributed by atoms with Gasteiger partial charge in [0.25, 0.3) is 0 Å². The van der Waals surface area contributed by atoms with Crippen LogP contribution in [0.4, 0.5) is 17.3 Å². The number of aromatic nitrogens is 2. The molecule has 2 aromatic carbocycles. The number of carbonyl (C=O) groups is 1. The van der Waals surface area contributed by atoms with Crippen molar-refractivity contribution in [2.45, 2.75) is 20.3 Å². The minimum atomic E-state index is -0.276. The van der Waals surface area contributed by atoms with Crippen LogP contribution >= 0.6 is 0 Å². The van der Waals surface area contributed by atoms with Crippen molar-refractivity contribution in [1.29, 1.82) is 5.26 Å². The summed E-state index contributed by atoms with van der Waals surface area (Å²) < 4.78 is 5.32. The van der Waals surface area contributed by atoms with Gasteiger partial charge in [0, 0.05) is 18.3 Å². The Morgan fingerprint density at radius 1 is 1.21 bits per heavy atom. The topological polar surface area (TPSA) is 103 Å². The Labute approximate surface area is 192 Å². The van der Waals surface area contributed by atoms with E-state index in [9.17, 15) is 10.1 Å². The van der Waals surface area contributed by atoms with Crippen LogP contribution in [-0.2, 0) is 11.2 Å². The zero-order valence-corrected chi connectivity index (χ0v) is 18.7. The second-order valence-corrected chi connectivity index (χ2v) is 7.48. The number of methoxy groups -OCH3 is 1. The summed E-state index contributed by atoms with van der Waals surface area (Å²) in [4.78, 5) is 23.4. The first kappa shape index (κ1) is 21.8. The molecule has 0 bridgehead atoms. The van der Waals surface area contributed by atoms with E-state index in [4.69, 9.17) is 4.74 Å². The predicted molar refractivity (Wildman–Crippen MR) is 128 cm³/mol. The molecule has 0 fully saturated rings. The Hall–Kier alpha value is -4.38. The monoisotopic (exact) mass is 440 g/mol. The summed E-state index contributed by atoms with van der Waals surface area (Å²) >= 11 is 0. The van der Waals surface area contributed by atoms with E-state index in [0.717, 1.165) is 22.5 Å². The average molecular weight is 441 g/mol. The second-order valence-electron chi connectivity index (χ2n) is 7.48. The van der Waals surface area contributed by atoms with Crippen molar-refractivity contribution in [2.75, 3.05) is 29.2 Å². The lowest BCUT2D eigenvalue weighted by atomic mass is 10.1. The molecule has 2 N–H and O–H groups in total. The minimum Gasteiger partial charge on any atom is -0.496 e. The quantitative estimate of drug-likeness (QED) is 0.556. The van der Waals surface area contributed by atoms with E-state index in [1.165, 1.54) is 0 Å². The summed E-state index contributed by atoms with van der Waals surface area (Å²) in [5.41, 5.74) is 4.27. The fraction of sp³-hybridized carbons (Fsp3) is 0.200. The number of aryl methyl sites for hydroxylation is 1. The van der Waals surface area contributed by atoms with Gasteiger partial charge in [0.15, 0.2) is 0 Å². The van der Waals surface area contributed by atoms with Crippen LogP contribution in [0.1, 0.15) is 23.7 Å². The van der Waals surface area contributed by atoms with E-state index >= 15 is 0 Å². The van der Waals surface area contributed by atoms with Gasteiger partial charge in [-0.3, -0.25) is 10.1 Å². The predicted octanol–water partition coefficient (Wildman–Crippen LogP) is 4.12. The molecule has 3 aromatic rings. The van der Waals surface area contributed by atoms with Gasteiger partial charge in [0.05, 0.1) is 30.6 Å².